The largest absolute Gasteiger partial charge is 0.301 e. The Labute approximate surface area is 96.2 Å². The van der Waals surface area contributed by atoms with E-state index in [1.54, 1.807) is 0 Å². The van der Waals surface area contributed by atoms with Crippen molar-refractivity contribution < 1.29 is 0 Å². The van der Waals surface area contributed by atoms with E-state index in [0.717, 1.165) is 12.0 Å². The molecule has 1 heteroatoms. The number of hydrogen-bond donors (Lipinski definition) is 0. The first-order chi connectivity index (χ1) is 7.01. The van der Waals surface area contributed by atoms with Gasteiger partial charge in [0.1, 0.15) is 0 Å². The lowest BCUT2D eigenvalue weighted by Gasteiger charge is -2.42. The van der Waals surface area contributed by atoms with E-state index in [1.165, 1.54) is 38.8 Å². The van der Waals surface area contributed by atoms with Gasteiger partial charge in [-0.05, 0) is 50.6 Å². The van der Waals surface area contributed by atoms with Crippen LogP contribution in [0.4, 0.5) is 0 Å². The molecule has 0 spiro atoms. The van der Waals surface area contributed by atoms with Crippen LogP contribution < -0.4 is 0 Å². The Morgan fingerprint density at radius 1 is 1.20 bits per heavy atom. The lowest BCUT2D eigenvalue weighted by Crippen LogP contribution is -2.42. The fourth-order valence-corrected chi connectivity index (χ4v) is 2.67. The second-order valence-corrected chi connectivity index (χ2v) is 5.91. The molecule has 1 saturated heterocycles. The molecule has 90 valence electrons. The normalized spacial score (nSPS) is 23.0. The van der Waals surface area contributed by atoms with Gasteiger partial charge in [-0.2, -0.15) is 0 Å². The van der Waals surface area contributed by atoms with Crippen molar-refractivity contribution in [3.05, 3.63) is 0 Å². The van der Waals surface area contributed by atoms with Crippen molar-refractivity contribution in [2.75, 3.05) is 13.1 Å². The summed E-state index contributed by atoms with van der Waals surface area (Å²) in [7, 11) is 0. The average Bonchev–Trinajstić information content (AvgIpc) is 2.28. The van der Waals surface area contributed by atoms with Crippen molar-refractivity contribution in [2.24, 2.45) is 11.3 Å². The van der Waals surface area contributed by atoms with Crippen LogP contribution in [0.1, 0.15) is 60.3 Å². The molecule has 1 nitrogen and oxygen atoms in total. The van der Waals surface area contributed by atoms with E-state index in [9.17, 15) is 0 Å². The Morgan fingerprint density at radius 2 is 1.73 bits per heavy atom. The van der Waals surface area contributed by atoms with Gasteiger partial charge in [0, 0.05) is 6.04 Å². The van der Waals surface area contributed by atoms with Crippen molar-refractivity contribution in [1.82, 2.24) is 4.90 Å². The molecule has 15 heavy (non-hydrogen) atoms. The van der Waals surface area contributed by atoms with Gasteiger partial charge in [0.25, 0.3) is 0 Å². The molecule has 0 N–H and O–H groups in total. The van der Waals surface area contributed by atoms with Crippen LogP contribution in [0.3, 0.4) is 0 Å². The van der Waals surface area contributed by atoms with E-state index >= 15 is 0 Å². The second kappa shape index (κ2) is 5.34. The number of rotatable bonds is 4. The summed E-state index contributed by atoms with van der Waals surface area (Å²) in [4.78, 5) is 2.67. The number of hydrogen-bond acceptors (Lipinski definition) is 1. The van der Waals surface area contributed by atoms with E-state index in [4.69, 9.17) is 0 Å². The Balaban J connectivity index is 2.42. The standard InChI is InChI=1S/C14H29N/c1-6-12(3)15-10-8-13(9-11-15)14(4,5)7-2/h12-13H,6-11H2,1-5H3. The first-order valence-corrected chi connectivity index (χ1v) is 6.75. The Kier molecular flexibility index (Phi) is 4.64. The fraction of sp³-hybridized carbons (Fsp3) is 1.00. The van der Waals surface area contributed by atoms with E-state index in [0.29, 0.717) is 5.41 Å². The molecule has 1 rings (SSSR count). The molecular weight excluding hydrogens is 182 g/mol. The van der Waals surface area contributed by atoms with Crippen LogP contribution in [0.2, 0.25) is 0 Å². The van der Waals surface area contributed by atoms with Crippen molar-refractivity contribution in [3.8, 4) is 0 Å². The quantitative estimate of drug-likeness (QED) is 0.681. The highest BCUT2D eigenvalue weighted by atomic mass is 15.2. The zero-order chi connectivity index (χ0) is 11.5. The summed E-state index contributed by atoms with van der Waals surface area (Å²) in [6.07, 6.45) is 5.43. The molecule has 1 aliphatic heterocycles. The van der Waals surface area contributed by atoms with E-state index in [2.05, 4.69) is 39.5 Å². The summed E-state index contributed by atoms with van der Waals surface area (Å²) in [5.41, 5.74) is 0.557. The van der Waals surface area contributed by atoms with Gasteiger partial charge in [0.05, 0.1) is 0 Å². The number of likely N-dealkylation sites (tertiary alicyclic amines) is 1. The van der Waals surface area contributed by atoms with Crippen LogP contribution >= 0.6 is 0 Å². The minimum atomic E-state index is 0.557. The van der Waals surface area contributed by atoms with E-state index in [1.807, 2.05) is 0 Å². The summed E-state index contributed by atoms with van der Waals surface area (Å²) in [5, 5.41) is 0. The fourth-order valence-electron chi connectivity index (χ4n) is 2.67. The SMILES string of the molecule is CCC(C)N1CCC(C(C)(C)CC)CC1. The van der Waals surface area contributed by atoms with Gasteiger partial charge in [0.2, 0.25) is 0 Å². The monoisotopic (exact) mass is 211 g/mol. The maximum atomic E-state index is 2.67. The maximum Gasteiger partial charge on any atom is 0.00643 e. The lowest BCUT2D eigenvalue weighted by molar-refractivity contribution is 0.0755. The molecule has 0 saturated carbocycles. The average molecular weight is 211 g/mol. The molecule has 0 amide bonds. The minimum Gasteiger partial charge on any atom is -0.301 e. The zero-order valence-electron chi connectivity index (χ0n) is 11.3. The van der Waals surface area contributed by atoms with Crippen LogP contribution in [0.25, 0.3) is 0 Å². The lowest BCUT2D eigenvalue weighted by atomic mass is 9.72. The van der Waals surface area contributed by atoms with Crippen molar-refractivity contribution in [1.29, 1.82) is 0 Å². The topological polar surface area (TPSA) is 3.24 Å². The van der Waals surface area contributed by atoms with E-state index in [-0.39, 0.29) is 0 Å². The van der Waals surface area contributed by atoms with Crippen LogP contribution in [0, 0.1) is 11.3 Å². The van der Waals surface area contributed by atoms with Crippen molar-refractivity contribution in [3.63, 3.8) is 0 Å². The van der Waals surface area contributed by atoms with Gasteiger partial charge in [-0.1, -0.05) is 34.1 Å². The molecule has 1 aliphatic rings. The Bertz CT molecular complexity index is 178. The summed E-state index contributed by atoms with van der Waals surface area (Å²) < 4.78 is 0. The van der Waals surface area contributed by atoms with E-state index < -0.39 is 0 Å². The first-order valence-electron chi connectivity index (χ1n) is 6.75. The number of nitrogens with zero attached hydrogens (tertiary/aromatic N) is 1. The highest BCUT2D eigenvalue weighted by Crippen LogP contribution is 2.37. The molecule has 1 atom stereocenters. The zero-order valence-corrected chi connectivity index (χ0v) is 11.3. The molecule has 0 aromatic rings. The molecule has 0 aliphatic carbocycles. The second-order valence-electron chi connectivity index (χ2n) is 5.91. The summed E-state index contributed by atoms with van der Waals surface area (Å²) >= 11 is 0. The summed E-state index contributed by atoms with van der Waals surface area (Å²) in [6.45, 7) is 14.5. The molecule has 0 bridgehead atoms. The van der Waals surface area contributed by atoms with Gasteiger partial charge < -0.3 is 4.90 Å². The third kappa shape index (κ3) is 3.21. The van der Waals surface area contributed by atoms with Crippen LogP contribution in [-0.2, 0) is 0 Å². The summed E-state index contributed by atoms with van der Waals surface area (Å²) in [5.74, 6) is 0.947. The van der Waals surface area contributed by atoms with Crippen molar-refractivity contribution in [2.45, 2.75) is 66.3 Å². The molecular formula is C14H29N. The Hall–Kier alpha value is -0.0400. The minimum absolute atomic E-state index is 0.557. The highest BCUT2D eigenvalue weighted by molar-refractivity contribution is 4.83. The first kappa shape index (κ1) is 13.0. The molecule has 0 aromatic heterocycles. The highest BCUT2D eigenvalue weighted by Gasteiger charge is 2.31. The van der Waals surface area contributed by atoms with Gasteiger partial charge in [-0.15, -0.1) is 0 Å². The number of piperidine rings is 1. The van der Waals surface area contributed by atoms with Crippen molar-refractivity contribution >= 4 is 0 Å². The Morgan fingerprint density at radius 3 is 2.13 bits per heavy atom. The molecule has 0 aromatic carbocycles. The molecule has 1 heterocycles. The van der Waals surface area contributed by atoms with Crippen LogP contribution in [0.5, 0.6) is 0 Å². The predicted octanol–water partition coefficient (Wildman–Crippen LogP) is 3.93. The van der Waals surface area contributed by atoms with Gasteiger partial charge in [0.15, 0.2) is 0 Å². The van der Waals surface area contributed by atoms with Gasteiger partial charge in [-0.25, -0.2) is 0 Å². The van der Waals surface area contributed by atoms with Crippen LogP contribution in [0.15, 0.2) is 0 Å². The van der Waals surface area contributed by atoms with Crippen LogP contribution in [-0.4, -0.2) is 24.0 Å². The third-order valence-electron chi connectivity index (χ3n) is 4.76. The molecule has 0 radical (unpaired) electrons. The molecule has 1 fully saturated rings. The third-order valence-corrected chi connectivity index (χ3v) is 4.76. The smallest absolute Gasteiger partial charge is 0.00643 e. The van der Waals surface area contributed by atoms with Gasteiger partial charge in [-0.3, -0.25) is 0 Å². The summed E-state index contributed by atoms with van der Waals surface area (Å²) in [6, 6.07) is 0.788. The van der Waals surface area contributed by atoms with Gasteiger partial charge >= 0.3 is 0 Å². The molecule has 1 unspecified atom stereocenters. The predicted molar refractivity (Wildman–Crippen MR) is 68.1 cm³/mol. The maximum absolute atomic E-state index is 2.67.